The summed E-state index contributed by atoms with van der Waals surface area (Å²) in [4.78, 5) is 30.0. The third-order valence-electron chi connectivity index (χ3n) is 2.72. The molecule has 1 amide bonds. The van der Waals surface area contributed by atoms with Crippen LogP contribution in [0.1, 0.15) is 6.92 Å². The molecule has 0 aliphatic carbocycles. The lowest BCUT2D eigenvalue weighted by atomic mass is 10.3. The highest BCUT2D eigenvalue weighted by molar-refractivity contribution is 8.00. The summed E-state index contributed by atoms with van der Waals surface area (Å²) in [6, 6.07) is 6.27. The Morgan fingerprint density at radius 2 is 2.23 bits per heavy atom. The molecule has 0 aliphatic heterocycles. The van der Waals surface area contributed by atoms with Gasteiger partial charge in [-0.1, -0.05) is 23.4 Å². The standard InChI is InChI=1S/C14H14ClN3O3S/c1-8(22-14-16-6-5-12(19)18-14)13(20)17-10-7-9(15)3-4-11(10)21-2/h3-8H,1-2H3,(H,17,20)(H,16,18,19)/t8-/m0/s1. The number of aromatic nitrogens is 2. The molecule has 2 N–H and O–H groups in total. The predicted octanol–water partition coefficient (Wildman–Crippen LogP) is 2.55. The molecule has 2 rings (SSSR count). The number of methoxy groups -OCH3 is 1. The maximum absolute atomic E-state index is 12.2. The molecule has 8 heteroatoms. The Morgan fingerprint density at radius 1 is 1.45 bits per heavy atom. The average molecular weight is 340 g/mol. The summed E-state index contributed by atoms with van der Waals surface area (Å²) in [5.41, 5.74) is 0.226. The highest BCUT2D eigenvalue weighted by atomic mass is 35.5. The van der Waals surface area contributed by atoms with Crippen LogP contribution in [-0.4, -0.2) is 28.2 Å². The van der Waals surface area contributed by atoms with E-state index in [-0.39, 0.29) is 11.5 Å². The van der Waals surface area contributed by atoms with Crippen LogP contribution in [0.15, 0.2) is 40.4 Å². The SMILES string of the molecule is COc1ccc(Cl)cc1NC(=O)[C@H](C)Sc1nccc(=O)[nH]1. The van der Waals surface area contributed by atoms with Crippen molar-refractivity contribution in [1.29, 1.82) is 0 Å². The quantitative estimate of drug-likeness (QED) is 0.646. The van der Waals surface area contributed by atoms with Gasteiger partial charge in [-0.2, -0.15) is 0 Å². The number of nitrogens with one attached hydrogen (secondary N) is 2. The Labute approximate surface area is 136 Å². The fraction of sp³-hybridized carbons (Fsp3) is 0.214. The van der Waals surface area contributed by atoms with Gasteiger partial charge in [-0.05, 0) is 25.1 Å². The van der Waals surface area contributed by atoms with E-state index in [0.29, 0.717) is 21.6 Å². The van der Waals surface area contributed by atoms with Crippen LogP contribution in [0.4, 0.5) is 5.69 Å². The molecule has 0 radical (unpaired) electrons. The summed E-state index contributed by atoms with van der Waals surface area (Å²) in [6.07, 6.45) is 1.39. The van der Waals surface area contributed by atoms with Gasteiger partial charge in [0.2, 0.25) is 5.91 Å². The zero-order chi connectivity index (χ0) is 16.1. The first-order chi connectivity index (χ1) is 10.5. The fourth-order valence-corrected chi connectivity index (χ4v) is 2.60. The van der Waals surface area contributed by atoms with E-state index in [1.807, 2.05) is 0 Å². The summed E-state index contributed by atoms with van der Waals surface area (Å²) in [7, 11) is 1.51. The first kappa shape index (κ1) is 16.4. The smallest absolute Gasteiger partial charge is 0.251 e. The van der Waals surface area contributed by atoms with Crippen molar-refractivity contribution in [2.45, 2.75) is 17.3 Å². The van der Waals surface area contributed by atoms with Crippen LogP contribution in [-0.2, 0) is 4.79 Å². The number of carbonyl (C=O) groups excluding carboxylic acids is 1. The number of carbonyl (C=O) groups is 1. The van der Waals surface area contributed by atoms with Crippen molar-refractivity contribution >= 4 is 35.0 Å². The number of anilines is 1. The monoisotopic (exact) mass is 339 g/mol. The number of amides is 1. The molecule has 1 heterocycles. The van der Waals surface area contributed by atoms with Crippen molar-refractivity contribution in [3.63, 3.8) is 0 Å². The minimum Gasteiger partial charge on any atom is -0.495 e. The Morgan fingerprint density at radius 3 is 2.91 bits per heavy atom. The van der Waals surface area contributed by atoms with Gasteiger partial charge in [-0.15, -0.1) is 0 Å². The Kier molecular flexibility index (Phi) is 5.46. The van der Waals surface area contributed by atoms with Crippen molar-refractivity contribution in [2.24, 2.45) is 0 Å². The van der Waals surface area contributed by atoms with Crippen LogP contribution in [0.3, 0.4) is 0 Å². The van der Waals surface area contributed by atoms with E-state index in [0.717, 1.165) is 11.8 Å². The molecule has 1 aromatic heterocycles. The van der Waals surface area contributed by atoms with Crippen molar-refractivity contribution in [2.75, 3.05) is 12.4 Å². The first-order valence-electron chi connectivity index (χ1n) is 6.36. The summed E-state index contributed by atoms with van der Waals surface area (Å²) in [6.45, 7) is 1.71. The Bertz CT molecular complexity index is 735. The van der Waals surface area contributed by atoms with E-state index in [2.05, 4.69) is 15.3 Å². The number of halogens is 1. The molecular weight excluding hydrogens is 326 g/mol. The predicted molar refractivity (Wildman–Crippen MR) is 86.8 cm³/mol. The van der Waals surface area contributed by atoms with Gasteiger partial charge >= 0.3 is 0 Å². The molecule has 116 valence electrons. The molecule has 0 aliphatic rings. The van der Waals surface area contributed by atoms with Crippen LogP contribution in [0.5, 0.6) is 5.75 Å². The van der Waals surface area contributed by atoms with Gasteiger partial charge in [0.1, 0.15) is 5.75 Å². The van der Waals surface area contributed by atoms with Crippen LogP contribution in [0, 0.1) is 0 Å². The fourth-order valence-electron chi connectivity index (χ4n) is 1.65. The van der Waals surface area contributed by atoms with E-state index in [9.17, 15) is 9.59 Å². The van der Waals surface area contributed by atoms with Gasteiger partial charge in [-0.3, -0.25) is 9.59 Å². The molecule has 6 nitrogen and oxygen atoms in total. The van der Waals surface area contributed by atoms with E-state index < -0.39 is 5.25 Å². The second-order valence-electron chi connectivity index (χ2n) is 4.33. The Balaban J connectivity index is 2.08. The molecule has 0 fully saturated rings. The second kappa shape index (κ2) is 7.33. The van der Waals surface area contributed by atoms with Gasteiger partial charge in [0.25, 0.3) is 5.56 Å². The lowest BCUT2D eigenvalue weighted by Gasteiger charge is -2.14. The molecule has 22 heavy (non-hydrogen) atoms. The molecule has 0 bridgehead atoms. The second-order valence-corrected chi connectivity index (χ2v) is 6.10. The molecule has 2 aromatic rings. The van der Waals surface area contributed by atoms with Crippen molar-refractivity contribution in [3.8, 4) is 5.75 Å². The van der Waals surface area contributed by atoms with Gasteiger partial charge in [-0.25, -0.2) is 4.98 Å². The molecule has 0 unspecified atom stereocenters. The van der Waals surface area contributed by atoms with Gasteiger partial charge in [0.15, 0.2) is 5.16 Å². The third kappa shape index (κ3) is 4.25. The first-order valence-corrected chi connectivity index (χ1v) is 7.61. The van der Waals surface area contributed by atoms with Crippen molar-refractivity contribution in [1.82, 2.24) is 9.97 Å². The summed E-state index contributed by atoms with van der Waals surface area (Å²) in [5.74, 6) is 0.262. The number of nitrogens with zero attached hydrogens (tertiary/aromatic N) is 1. The number of ether oxygens (including phenoxy) is 1. The number of hydrogen-bond acceptors (Lipinski definition) is 5. The van der Waals surface area contributed by atoms with E-state index in [1.54, 1.807) is 25.1 Å². The van der Waals surface area contributed by atoms with Crippen molar-refractivity contribution in [3.05, 3.63) is 45.8 Å². The molecule has 0 saturated carbocycles. The van der Waals surface area contributed by atoms with Gasteiger partial charge < -0.3 is 15.0 Å². The minimum atomic E-state index is -0.464. The minimum absolute atomic E-state index is 0.253. The lowest BCUT2D eigenvalue weighted by molar-refractivity contribution is -0.115. The lowest BCUT2D eigenvalue weighted by Crippen LogP contribution is -2.23. The Hall–Kier alpha value is -1.99. The van der Waals surface area contributed by atoms with E-state index >= 15 is 0 Å². The highest BCUT2D eigenvalue weighted by Crippen LogP contribution is 2.28. The normalized spacial score (nSPS) is 11.8. The zero-order valence-electron chi connectivity index (χ0n) is 11.9. The number of hydrogen-bond donors (Lipinski definition) is 2. The summed E-state index contributed by atoms with van der Waals surface area (Å²) >= 11 is 7.07. The molecule has 1 atom stereocenters. The average Bonchev–Trinajstić information content (AvgIpc) is 2.47. The highest BCUT2D eigenvalue weighted by Gasteiger charge is 2.17. The van der Waals surface area contributed by atoms with Gasteiger partial charge in [0.05, 0.1) is 18.0 Å². The largest absolute Gasteiger partial charge is 0.495 e. The number of aromatic amines is 1. The van der Waals surface area contributed by atoms with Crippen LogP contribution in [0.2, 0.25) is 5.02 Å². The maximum atomic E-state index is 12.2. The van der Waals surface area contributed by atoms with Crippen LogP contribution in [0.25, 0.3) is 0 Å². The molecule has 0 spiro atoms. The zero-order valence-corrected chi connectivity index (χ0v) is 13.5. The van der Waals surface area contributed by atoms with Crippen LogP contribution < -0.4 is 15.6 Å². The van der Waals surface area contributed by atoms with E-state index in [1.165, 1.54) is 19.4 Å². The maximum Gasteiger partial charge on any atom is 0.251 e. The summed E-state index contributed by atoms with van der Waals surface area (Å²) in [5, 5.41) is 3.16. The van der Waals surface area contributed by atoms with Crippen molar-refractivity contribution < 1.29 is 9.53 Å². The van der Waals surface area contributed by atoms with E-state index in [4.69, 9.17) is 16.3 Å². The van der Waals surface area contributed by atoms with Crippen LogP contribution >= 0.6 is 23.4 Å². The number of rotatable bonds is 5. The number of thioether (sulfide) groups is 1. The third-order valence-corrected chi connectivity index (χ3v) is 3.96. The number of benzene rings is 1. The molecule has 0 saturated heterocycles. The molecule has 1 aromatic carbocycles. The topological polar surface area (TPSA) is 84.1 Å². The van der Waals surface area contributed by atoms with Gasteiger partial charge in [0, 0.05) is 17.3 Å². The molecular formula is C14H14ClN3O3S. The number of H-pyrrole nitrogens is 1. The summed E-state index contributed by atoms with van der Waals surface area (Å²) < 4.78 is 5.17.